The highest BCUT2D eigenvalue weighted by atomic mass is 16.5. The van der Waals surface area contributed by atoms with E-state index in [1.807, 2.05) is 0 Å². The summed E-state index contributed by atoms with van der Waals surface area (Å²) in [6.45, 7) is 9.23. The van der Waals surface area contributed by atoms with E-state index in [4.69, 9.17) is 14.7 Å². The minimum Gasteiger partial charge on any atom is -0.365 e. The molecule has 6 rings (SSSR count). The zero-order valence-corrected chi connectivity index (χ0v) is 42.1. The second-order valence-electron chi connectivity index (χ2n) is 20.9. The van der Waals surface area contributed by atoms with Crippen molar-refractivity contribution in [3.8, 4) is 22.5 Å². The zero-order valence-electron chi connectivity index (χ0n) is 42.1. The fraction of sp³-hybridized carbons (Fsp3) is 0.645. The van der Waals surface area contributed by atoms with Crippen LogP contribution >= 0.6 is 0 Å². The third kappa shape index (κ3) is 17.1. The molecular weight excluding hydrogens is 789 g/mol. The smallest absolute Gasteiger partial charge is 0.0861 e. The van der Waals surface area contributed by atoms with Gasteiger partial charge in [0.25, 0.3) is 0 Å². The van der Waals surface area contributed by atoms with Gasteiger partial charge in [0.15, 0.2) is 0 Å². The molecule has 2 atom stereocenters. The number of aryl methyl sites for hydroxylation is 2. The summed E-state index contributed by atoms with van der Waals surface area (Å²) >= 11 is 0. The molecule has 3 nitrogen and oxygen atoms in total. The molecule has 3 heteroatoms. The van der Waals surface area contributed by atoms with E-state index in [1.54, 1.807) is 0 Å². The average molecular weight is 881 g/mol. The number of rotatable bonds is 30. The average Bonchev–Trinajstić information content (AvgIpc) is 3.36. The van der Waals surface area contributed by atoms with E-state index >= 15 is 0 Å². The van der Waals surface area contributed by atoms with Gasteiger partial charge < -0.3 is 4.74 Å². The molecule has 2 heterocycles. The normalized spacial score (nSPS) is 19.9. The first-order valence-electron chi connectivity index (χ1n) is 27.8. The third-order valence-electron chi connectivity index (χ3n) is 15.7. The number of benzene rings is 2. The molecule has 0 spiro atoms. The molecule has 2 aliphatic carbocycles. The van der Waals surface area contributed by atoms with Crippen molar-refractivity contribution in [2.75, 3.05) is 0 Å². The van der Waals surface area contributed by atoms with E-state index in [2.05, 4.69) is 113 Å². The Balaban J connectivity index is 1.21. The van der Waals surface area contributed by atoms with Gasteiger partial charge in [-0.15, -0.1) is 0 Å². The van der Waals surface area contributed by atoms with Gasteiger partial charge in [0, 0.05) is 23.5 Å². The molecule has 0 amide bonds. The largest absolute Gasteiger partial charge is 0.365 e. The monoisotopic (exact) mass is 881 g/mol. The molecule has 65 heavy (non-hydrogen) atoms. The summed E-state index contributed by atoms with van der Waals surface area (Å²) in [5.74, 6) is 2.82. The number of ether oxygens (including phenoxy) is 1. The van der Waals surface area contributed by atoms with Crippen molar-refractivity contribution in [3.63, 3.8) is 0 Å². The minimum atomic E-state index is 0.0840. The lowest BCUT2D eigenvalue weighted by molar-refractivity contribution is -0.0907. The van der Waals surface area contributed by atoms with Crippen LogP contribution in [0, 0.1) is 23.7 Å². The maximum absolute atomic E-state index is 7.81. The van der Waals surface area contributed by atoms with Crippen LogP contribution in [0.5, 0.6) is 0 Å². The Morgan fingerprint density at radius 2 is 0.754 bits per heavy atom. The second kappa shape index (κ2) is 29.5. The van der Waals surface area contributed by atoms with E-state index in [0.717, 1.165) is 36.1 Å². The molecule has 2 fully saturated rings. The van der Waals surface area contributed by atoms with E-state index < -0.39 is 0 Å². The van der Waals surface area contributed by atoms with Gasteiger partial charge >= 0.3 is 0 Å². The van der Waals surface area contributed by atoms with Crippen molar-refractivity contribution < 1.29 is 4.74 Å². The van der Waals surface area contributed by atoms with Gasteiger partial charge in [-0.05, 0) is 109 Å². The van der Waals surface area contributed by atoms with Gasteiger partial charge in [0.05, 0.1) is 23.6 Å². The summed E-state index contributed by atoms with van der Waals surface area (Å²) in [4.78, 5) is 9.95. The quantitative estimate of drug-likeness (QED) is 0.0490. The van der Waals surface area contributed by atoms with Crippen LogP contribution in [0.15, 0.2) is 85.2 Å². The topological polar surface area (TPSA) is 35.0 Å². The minimum absolute atomic E-state index is 0.0840. The van der Waals surface area contributed by atoms with Crippen LogP contribution < -0.4 is 0 Å². The molecule has 0 bridgehead atoms. The molecule has 0 N–H and O–H groups in total. The second-order valence-corrected chi connectivity index (χ2v) is 20.9. The predicted octanol–water partition coefficient (Wildman–Crippen LogP) is 19.2. The number of unbranched alkanes of at least 4 members (excludes halogenated alkanes) is 14. The molecule has 2 aromatic heterocycles. The lowest BCUT2D eigenvalue weighted by Gasteiger charge is -2.40. The number of hydrogen-bond donors (Lipinski definition) is 0. The molecular formula is C62H92N2O. The fourth-order valence-corrected chi connectivity index (χ4v) is 11.4. The van der Waals surface area contributed by atoms with Crippen LogP contribution in [-0.2, 0) is 17.6 Å². The van der Waals surface area contributed by atoms with Crippen molar-refractivity contribution in [3.05, 3.63) is 107 Å². The number of aromatic nitrogens is 2. The molecule has 4 aromatic rings. The van der Waals surface area contributed by atoms with Gasteiger partial charge in [-0.25, -0.2) is 0 Å². The van der Waals surface area contributed by atoms with Crippen molar-refractivity contribution >= 4 is 0 Å². The molecule has 356 valence electrons. The maximum atomic E-state index is 7.81. The molecule has 2 aromatic carbocycles. The Hall–Kier alpha value is -3.30. The highest BCUT2D eigenvalue weighted by Crippen LogP contribution is 2.47. The molecule has 2 aliphatic rings. The van der Waals surface area contributed by atoms with Gasteiger partial charge in [0.1, 0.15) is 0 Å². The third-order valence-corrected chi connectivity index (χ3v) is 15.7. The van der Waals surface area contributed by atoms with Crippen molar-refractivity contribution in [2.24, 2.45) is 23.7 Å². The Labute approximate surface area is 399 Å². The van der Waals surface area contributed by atoms with Gasteiger partial charge in [-0.2, -0.15) is 0 Å². The Morgan fingerprint density at radius 3 is 1.09 bits per heavy atom. The standard InChI is InChI=1S/C62H92N2O/c1-5-9-13-17-21-25-51-31-45-59(63-47-51)53-37-41-57(42-38-53)61(55-33-27-49(28-34-55)23-19-15-11-7-3)65-62(56-35-29-50(30-36-56)24-20-16-12-8-4)58-43-39-54(40-44-58)60-46-32-52(48-64-60)26-22-18-14-10-6-2/h31-32,37-50,55-56,61-62H,5-30,33-36H2,1-4H3. The first-order valence-corrected chi connectivity index (χ1v) is 27.8. The van der Waals surface area contributed by atoms with Crippen LogP contribution in [0.3, 0.4) is 0 Å². The Morgan fingerprint density at radius 1 is 0.400 bits per heavy atom. The van der Waals surface area contributed by atoms with Gasteiger partial charge in [-0.1, -0.05) is 230 Å². The first-order chi connectivity index (χ1) is 32.1. The van der Waals surface area contributed by atoms with Crippen LogP contribution in [-0.4, -0.2) is 9.97 Å². The van der Waals surface area contributed by atoms with Crippen LogP contribution in [0.25, 0.3) is 22.5 Å². The van der Waals surface area contributed by atoms with Crippen LogP contribution in [0.4, 0.5) is 0 Å². The zero-order chi connectivity index (χ0) is 45.3. The summed E-state index contributed by atoms with van der Waals surface area (Å²) in [5.41, 5.74) is 9.98. The van der Waals surface area contributed by atoms with E-state index in [1.165, 1.54) is 213 Å². The summed E-state index contributed by atoms with van der Waals surface area (Å²) in [6, 6.07) is 28.0. The molecule has 2 unspecified atom stereocenters. The molecule has 2 saturated carbocycles. The summed E-state index contributed by atoms with van der Waals surface area (Å²) < 4.78 is 7.81. The van der Waals surface area contributed by atoms with E-state index in [-0.39, 0.29) is 12.2 Å². The van der Waals surface area contributed by atoms with Gasteiger partial charge in [-0.3, -0.25) is 9.97 Å². The predicted molar refractivity (Wildman–Crippen MR) is 279 cm³/mol. The number of hydrogen-bond acceptors (Lipinski definition) is 3. The fourth-order valence-electron chi connectivity index (χ4n) is 11.4. The van der Waals surface area contributed by atoms with E-state index in [0.29, 0.717) is 11.8 Å². The van der Waals surface area contributed by atoms with Crippen LogP contribution in [0.2, 0.25) is 0 Å². The Bertz CT molecular complexity index is 1660. The lowest BCUT2D eigenvalue weighted by Crippen LogP contribution is -2.28. The first kappa shape index (κ1) is 51.1. The highest BCUT2D eigenvalue weighted by Gasteiger charge is 2.36. The maximum Gasteiger partial charge on any atom is 0.0861 e. The highest BCUT2D eigenvalue weighted by molar-refractivity contribution is 5.60. The molecule has 0 radical (unpaired) electrons. The Kier molecular flexibility index (Phi) is 23.2. The van der Waals surface area contributed by atoms with Crippen LogP contribution in [0.1, 0.15) is 242 Å². The van der Waals surface area contributed by atoms with Crippen molar-refractivity contribution in [2.45, 2.75) is 233 Å². The van der Waals surface area contributed by atoms with Crippen molar-refractivity contribution in [1.82, 2.24) is 9.97 Å². The summed E-state index contributed by atoms with van der Waals surface area (Å²) in [7, 11) is 0. The number of nitrogens with zero attached hydrogens (tertiary/aromatic N) is 2. The van der Waals surface area contributed by atoms with Crippen molar-refractivity contribution in [1.29, 1.82) is 0 Å². The lowest BCUT2D eigenvalue weighted by atomic mass is 9.74. The molecule has 0 saturated heterocycles. The summed E-state index contributed by atoms with van der Waals surface area (Å²) in [5, 5.41) is 0. The molecule has 0 aliphatic heterocycles. The number of pyridine rings is 2. The van der Waals surface area contributed by atoms with Gasteiger partial charge in [0.2, 0.25) is 0 Å². The van der Waals surface area contributed by atoms with E-state index in [9.17, 15) is 0 Å². The summed E-state index contributed by atoms with van der Waals surface area (Å²) in [6.07, 6.45) is 44.0. The SMILES string of the molecule is CCCCCCCc1ccc(-c2ccc(C(OC(c3ccc(-c4ccc(CCCCCCC)cn4)cc3)C3CCC(CCCCCC)CC3)C3CCC(CCCCCC)CC3)cc2)nc1.